The van der Waals surface area contributed by atoms with Gasteiger partial charge in [0.1, 0.15) is 5.82 Å². The average molecular weight is 296 g/mol. The summed E-state index contributed by atoms with van der Waals surface area (Å²) < 4.78 is 0. The molecule has 4 heteroatoms. The van der Waals surface area contributed by atoms with Gasteiger partial charge in [0.2, 0.25) is 0 Å². The first-order valence-electron chi connectivity index (χ1n) is 8.51. The number of fused-ring (bicyclic) bond motifs is 1. The Bertz CT molecular complexity index is 643. The number of piperazine rings is 1. The Kier molecular flexibility index (Phi) is 3.85. The van der Waals surface area contributed by atoms with Crippen molar-refractivity contribution in [3.63, 3.8) is 0 Å². The molecule has 116 valence electrons. The van der Waals surface area contributed by atoms with Gasteiger partial charge in [-0.05, 0) is 42.8 Å². The van der Waals surface area contributed by atoms with Gasteiger partial charge in [0, 0.05) is 56.5 Å². The molecule has 0 saturated carbocycles. The van der Waals surface area contributed by atoms with Gasteiger partial charge in [-0.1, -0.05) is 6.07 Å². The predicted molar refractivity (Wildman–Crippen MR) is 92.9 cm³/mol. The summed E-state index contributed by atoms with van der Waals surface area (Å²) in [6.45, 7) is 6.55. The summed E-state index contributed by atoms with van der Waals surface area (Å²) in [5.74, 6) is 1.15. The first-order chi connectivity index (χ1) is 10.9. The minimum atomic E-state index is 1.04. The van der Waals surface area contributed by atoms with Gasteiger partial charge in [0.15, 0.2) is 0 Å². The van der Waals surface area contributed by atoms with E-state index in [0.29, 0.717) is 0 Å². The Hall–Kier alpha value is -1.81. The second-order valence-electron chi connectivity index (χ2n) is 6.32. The fraction of sp³-hybridized carbons (Fsp3) is 0.500. The molecule has 3 heterocycles. The number of pyridine rings is 1. The van der Waals surface area contributed by atoms with Gasteiger partial charge in [0.25, 0.3) is 0 Å². The molecule has 0 atom stereocenters. The van der Waals surface area contributed by atoms with E-state index >= 15 is 0 Å². The third kappa shape index (κ3) is 2.63. The molecule has 0 spiro atoms. The lowest BCUT2D eigenvalue weighted by molar-refractivity contribution is 0.578. The van der Waals surface area contributed by atoms with Crippen molar-refractivity contribution in [2.45, 2.75) is 19.3 Å². The average Bonchev–Trinajstić information content (AvgIpc) is 2.62. The highest BCUT2D eigenvalue weighted by Gasteiger charge is 2.16. The molecule has 2 fully saturated rings. The van der Waals surface area contributed by atoms with Crippen molar-refractivity contribution in [3.8, 4) is 0 Å². The summed E-state index contributed by atoms with van der Waals surface area (Å²) in [4.78, 5) is 9.64. The Balaban J connectivity index is 1.72. The van der Waals surface area contributed by atoms with E-state index in [9.17, 15) is 0 Å². The topological polar surface area (TPSA) is 31.4 Å². The lowest BCUT2D eigenvalue weighted by atomic mass is 10.1. The highest BCUT2D eigenvalue weighted by atomic mass is 15.2. The van der Waals surface area contributed by atoms with Crippen molar-refractivity contribution in [1.82, 2.24) is 10.3 Å². The maximum Gasteiger partial charge on any atom is 0.136 e. The Labute approximate surface area is 132 Å². The SMILES string of the molecule is c1cc2ccc(N3CCCCC3)cc2c(N2CCNCC2)n1. The summed E-state index contributed by atoms with van der Waals surface area (Å²) in [5, 5.41) is 6.01. The number of anilines is 2. The van der Waals surface area contributed by atoms with Crippen LogP contribution in [0.3, 0.4) is 0 Å². The highest BCUT2D eigenvalue weighted by molar-refractivity contribution is 5.94. The van der Waals surface area contributed by atoms with Gasteiger partial charge in [-0.25, -0.2) is 4.98 Å². The Morgan fingerprint density at radius 2 is 1.68 bits per heavy atom. The normalized spacial score (nSPS) is 19.6. The zero-order chi connectivity index (χ0) is 14.8. The third-order valence-electron chi connectivity index (χ3n) is 4.87. The molecule has 1 aromatic carbocycles. The number of nitrogens with one attached hydrogen (secondary N) is 1. The fourth-order valence-electron chi connectivity index (χ4n) is 3.62. The molecule has 0 bridgehead atoms. The number of piperidine rings is 1. The summed E-state index contributed by atoms with van der Waals surface area (Å²) in [6.07, 6.45) is 5.95. The molecule has 2 aliphatic rings. The van der Waals surface area contributed by atoms with Crippen LogP contribution in [0, 0.1) is 0 Å². The maximum absolute atomic E-state index is 4.70. The van der Waals surface area contributed by atoms with Crippen LogP contribution < -0.4 is 15.1 Å². The van der Waals surface area contributed by atoms with Crippen LogP contribution in [-0.2, 0) is 0 Å². The van der Waals surface area contributed by atoms with Gasteiger partial charge in [-0.15, -0.1) is 0 Å². The number of nitrogens with zero attached hydrogens (tertiary/aromatic N) is 3. The second kappa shape index (κ2) is 6.13. The molecule has 0 radical (unpaired) electrons. The van der Waals surface area contributed by atoms with Crippen molar-refractivity contribution in [1.29, 1.82) is 0 Å². The Morgan fingerprint density at radius 3 is 2.50 bits per heavy atom. The zero-order valence-corrected chi connectivity index (χ0v) is 13.1. The van der Waals surface area contributed by atoms with Gasteiger partial charge < -0.3 is 15.1 Å². The quantitative estimate of drug-likeness (QED) is 0.923. The van der Waals surface area contributed by atoms with Crippen LogP contribution in [0.1, 0.15) is 19.3 Å². The molecule has 22 heavy (non-hydrogen) atoms. The van der Waals surface area contributed by atoms with Crippen molar-refractivity contribution < 1.29 is 0 Å². The van der Waals surface area contributed by atoms with Crippen LogP contribution in [0.4, 0.5) is 11.5 Å². The monoisotopic (exact) mass is 296 g/mol. The summed E-state index contributed by atoms with van der Waals surface area (Å²) in [7, 11) is 0. The van der Waals surface area contributed by atoms with Crippen LogP contribution in [0.25, 0.3) is 10.8 Å². The molecule has 0 amide bonds. The van der Waals surface area contributed by atoms with Crippen LogP contribution in [0.5, 0.6) is 0 Å². The summed E-state index contributed by atoms with van der Waals surface area (Å²) in [5.41, 5.74) is 1.36. The molecule has 0 unspecified atom stereocenters. The van der Waals surface area contributed by atoms with Crippen LogP contribution in [0.15, 0.2) is 30.5 Å². The van der Waals surface area contributed by atoms with Gasteiger partial charge >= 0.3 is 0 Å². The third-order valence-corrected chi connectivity index (χ3v) is 4.87. The maximum atomic E-state index is 4.70. The molecule has 2 saturated heterocycles. The predicted octanol–water partition coefficient (Wildman–Crippen LogP) is 2.63. The van der Waals surface area contributed by atoms with E-state index in [1.807, 2.05) is 6.20 Å². The minimum absolute atomic E-state index is 1.04. The van der Waals surface area contributed by atoms with E-state index in [0.717, 1.165) is 32.0 Å². The van der Waals surface area contributed by atoms with E-state index in [4.69, 9.17) is 4.98 Å². The molecular weight excluding hydrogens is 272 g/mol. The van der Waals surface area contributed by atoms with Crippen molar-refractivity contribution >= 4 is 22.3 Å². The minimum Gasteiger partial charge on any atom is -0.372 e. The van der Waals surface area contributed by atoms with Gasteiger partial charge in [-0.3, -0.25) is 0 Å². The summed E-state index contributed by atoms with van der Waals surface area (Å²) in [6, 6.07) is 9.01. The van der Waals surface area contributed by atoms with E-state index < -0.39 is 0 Å². The zero-order valence-electron chi connectivity index (χ0n) is 13.1. The van der Waals surface area contributed by atoms with Crippen LogP contribution in [-0.4, -0.2) is 44.3 Å². The molecule has 0 aliphatic carbocycles. The van der Waals surface area contributed by atoms with E-state index in [2.05, 4.69) is 39.4 Å². The van der Waals surface area contributed by atoms with Crippen LogP contribution in [0.2, 0.25) is 0 Å². The van der Waals surface area contributed by atoms with E-state index in [-0.39, 0.29) is 0 Å². The number of rotatable bonds is 2. The second-order valence-corrected chi connectivity index (χ2v) is 6.32. The van der Waals surface area contributed by atoms with Gasteiger partial charge in [-0.2, -0.15) is 0 Å². The molecule has 2 aromatic rings. The molecule has 1 aromatic heterocycles. The standard InChI is InChI=1S/C18H24N4/c1-2-10-21(11-3-1)16-5-4-15-6-7-20-18(17(15)14-16)22-12-8-19-9-13-22/h4-7,14,19H,1-3,8-13H2. The Morgan fingerprint density at radius 1 is 0.864 bits per heavy atom. The lowest BCUT2D eigenvalue weighted by Crippen LogP contribution is -2.44. The number of aromatic nitrogens is 1. The molecule has 4 rings (SSSR count). The highest BCUT2D eigenvalue weighted by Crippen LogP contribution is 2.30. The first-order valence-corrected chi connectivity index (χ1v) is 8.51. The van der Waals surface area contributed by atoms with E-state index in [1.165, 1.54) is 48.8 Å². The summed E-state index contributed by atoms with van der Waals surface area (Å²) >= 11 is 0. The van der Waals surface area contributed by atoms with Crippen molar-refractivity contribution in [2.75, 3.05) is 49.1 Å². The fourth-order valence-corrected chi connectivity index (χ4v) is 3.62. The molecule has 1 N–H and O–H groups in total. The molecule has 4 nitrogen and oxygen atoms in total. The number of hydrogen-bond acceptors (Lipinski definition) is 4. The van der Waals surface area contributed by atoms with Crippen molar-refractivity contribution in [3.05, 3.63) is 30.5 Å². The molecular formula is C18H24N4. The van der Waals surface area contributed by atoms with Crippen molar-refractivity contribution in [2.24, 2.45) is 0 Å². The first kappa shape index (κ1) is 13.8. The number of benzene rings is 1. The largest absolute Gasteiger partial charge is 0.372 e. The molecule has 2 aliphatic heterocycles. The van der Waals surface area contributed by atoms with Gasteiger partial charge in [0.05, 0.1) is 0 Å². The van der Waals surface area contributed by atoms with Crippen LogP contribution >= 0.6 is 0 Å². The number of hydrogen-bond donors (Lipinski definition) is 1. The lowest BCUT2D eigenvalue weighted by Gasteiger charge is -2.31. The van der Waals surface area contributed by atoms with E-state index in [1.54, 1.807) is 0 Å². The smallest absolute Gasteiger partial charge is 0.136 e.